The highest BCUT2D eigenvalue weighted by molar-refractivity contribution is 6.01. The Balaban J connectivity index is 2.41. The average Bonchev–Trinajstić information content (AvgIpc) is 2.64. The molecule has 5 nitrogen and oxygen atoms in total. The molecule has 1 amide bonds. The van der Waals surface area contributed by atoms with Gasteiger partial charge in [-0.2, -0.15) is 5.10 Å². The van der Waals surface area contributed by atoms with Gasteiger partial charge < -0.3 is 5.32 Å². The van der Waals surface area contributed by atoms with Gasteiger partial charge >= 0.3 is 0 Å². The lowest BCUT2D eigenvalue weighted by Gasteiger charge is -2.10. The third-order valence-corrected chi connectivity index (χ3v) is 2.79. The lowest BCUT2D eigenvalue weighted by atomic mass is 10.2. The lowest BCUT2D eigenvalue weighted by molar-refractivity contribution is 0.0940. The molecule has 2 heterocycles. The molecular formula is C12H16N4O. The Hall–Kier alpha value is -1.91. The minimum Gasteiger partial charge on any atom is -0.349 e. The molecule has 0 spiro atoms. The molecule has 2 aromatic heterocycles. The second kappa shape index (κ2) is 4.53. The molecule has 0 radical (unpaired) electrons. The van der Waals surface area contributed by atoms with Gasteiger partial charge in [0.05, 0.1) is 5.69 Å². The van der Waals surface area contributed by atoms with Gasteiger partial charge in [-0.15, -0.1) is 0 Å². The number of nitrogens with one attached hydrogen (secondary N) is 1. The quantitative estimate of drug-likeness (QED) is 0.873. The molecule has 0 aliphatic rings. The molecule has 90 valence electrons. The van der Waals surface area contributed by atoms with E-state index in [1.807, 2.05) is 20.8 Å². The van der Waals surface area contributed by atoms with Crippen LogP contribution in [0.1, 0.15) is 36.3 Å². The fourth-order valence-corrected chi connectivity index (χ4v) is 1.66. The standard InChI is InChI=1S/C12H16N4O/c1-4-8(2)14-12(17)10-9(3)15-16-7-5-6-13-11(10)16/h5-8H,4H2,1-3H3,(H,14,17). The Bertz CT molecular complexity index is 546. The van der Waals surface area contributed by atoms with Crippen LogP contribution >= 0.6 is 0 Å². The van der Waals surface area contributed by atoms with Crippen LogP contribution in [0.4, 0.5) is 0 Å². The van der Waals surface area contributed by atoms with Gasteiger partial charge in [-0.1, -0.05) is 6.92 Å². The molecule has 0 aliphatic heterocycles. The van der Waals surface area contributed by atoms with Crippen LogP contribution in [0.5, 0.6) is 0 Å². The molecule has 5 heteroatoms. The van der Waals surface area contributed by atoms with E-state index in [0.29, 0.717) is 16.9 Å². The predicted octanol–water partition coefficient (Wildman–Crippen LogP) is 1.57. The Labute approximate surface area is 99.9 Å². The first-order valence-corrected chi connectivity index (χ1v) is 5.74. The molecule has 1 N–H and O–H groups in total. The molecule has 2 rings (SSSR count). The lowest BCUT2D eigenvalue weighted by Crippen LogP contribution is -2.32. The highest BCUT2D eigenvalue weighted by Gasteiger charge is 2.18. The van der Waals surface area contributed by atoms with E-state index >= 15 is 0 Å². The predicted molar refractivity (Wildman–Crippen MR) is 64.9 cm³/mol. The number of amides is 1. The summed E-state index contributed by atoms with van der Waals surface area (Å²) in [5.41, 5.74) is 1.86. The van der Waals surface area contributed by atoms with Crippen LogP contribution in [0.15, 0.2) is 18.5 Å². The minimum atomic E-state index is -0.106. The smallest absolute Gasteiger partial charge is 0.257 e. The second-order valence-electron chi connectivity index (χ2n) is 4.13. The van der Waals surface area contributed by atoms with E-state index < -0.39 is 0 Å². The van der Waals surface area contributed by atoms with Crippen molar-refractivity contribution in [1.29, 1.82) is 0 Å². The van der Waals surface area contributed by atoms with Gasteiger partial charge in [-0.05, 0) is 26.3 Å². The molecule has 0 saturated heterocycles. The van der Waals surface area contributed by atoms with Crippen molar-refractivity contribution in [1.82, 2.24) is 19.9 Å². The van der Waals surface area contributed by atoms with E-state index in [1.165, 1.54) is 0 Å². The zero-order valence-electron chi connectivity index (χ0n) is 10.3. The highest BCUT2D eigenvalue weighted by atomic mass is 16.1. The summed E-state index contributed by atoms with van der Waals surface area (Å²) >= 11 is 0. The van der Waals surface area contributed by atoms with Gasteiger partial charge in [-0.25, -0.2) is 9.50 Å². The molecule has 0 fully saturated rings. The Morgan fingerprint density at radius 2 is 2.35 bits per heavy atom. The average molecular weight is 232 g/mol. The summed E-state index contributed by atoms with van der Waals surface area (Å²) in [5.74, 6) is -0.106. The summed E-state index contributed by atoms with van der Waals surface area (Å²) in [6, 6.07) is 1.94. The number of aromatic nitrogens is 3. The Morgan fingerprint density at radius 3 is 3.06 bits per heavy atom. The Morgan fingerprint density at radius 1 is 1.59 bits per heavy atom. The number of hydrogen-bond donors (Lipinski definition) is 1. The molecule has 0 saturated carbocycles. The highest BCUT2D eigenvalue weighted by Crippen LogP contribution is 2.12. The van der Waals surface area contributed by atoms with Crippen molar-refractivity contribution in [3.05, 3.63) is 29.7 Å². The van der Waals surface area contributed by atoms with Crippen LogP contribution in [-0.2, 0) is 0 Å². The summed E-state index contributed by atoms with van der Waals surface area (Å²) in [4.78, 5) is 16.3. The zero-order valence-corrected chi connectivity index (χ0v) is 10.3. The maximum absolute atomic E-state index is 12.1. The first kappa shape index (κ1) is 11.6. The molecule has 17 heavy (non-hydrogen) atoms. The SMILES string of the molecule is CCC(C)NC(=O)c1c(C)nn2cccnc12. The molecule has 2 aromatic rings. The van der Waals surface area contributed by atoms with Gasteiger partial charge in [0.2, 0.25) is 0 Å². The van der Waals surface area contributed by atoms with Crippen LogP contribution in [0.25, 0.3) is 5.65 Å². The van der Waals surface area contributed by atoms with Gasteiger partial charge in [0.15, 0.2) is 5.65 Å². The number of carbonyl (C=O) groups is 1. The second-order valence-corrected chi connectivity index (χ2v) is 4.13. The number of hydrogen-bond acceptors (Lipinski definition) is 3. The summed E-state index contributed by atoms with van der Waals surface area (Å²) in [7, 11) is 0. The first-order chi connectivity index (χ1) is 8.13. The van der Waals surface area contributed by atoms with E-state index in [9.17, 15) is 4.79 Å². The number of aryl methyl sites for hydroxylation is 1. The fourth-order valence-electron chi connectivity index (χ4n) is 1.66. The first-order valence-electron chi connectivity index (χ1n) is 5.74. The molecular weight excluding hydrogens is 216 g/mol. The third-order valence-electron chi connectivity index (χ3n) is 2.79. The maximum atomic E-state index is 12.1. The van der Waals surface area contributed by atoms with Gasteiger partial charge in [0, 0.05) is 18.4 Å². The van der Waals surface area contributed by atoms with Crippen LogP contribution in [-0.4, -0.2) is 26.5 Å². The third kappa shape index (κ3) is 2.13. The Kier molecular flexibility index (Phi) is 3.08. The van der Waals surface area contributed by atoms with Crippen LogP contribution in [0.3, 0.4) is 0 Å². The van der Waals surface area contributed by atoms with Crippen LogP contribution in [0, 0.1) is 6.92 Å². The van der Waals surface area contributed by atoms with E-state index in [4.69, 9.17) is 0 Å². The molecule has 0 aliphatic carbocycles. The van der Waals surface area contributed by atoms with Crippen LogP contribution < -0.4 is 5.32 Å². The van der Waals surface area contributed by atoms with Crippen molar-refractivity contribution in [2.24, 2.45) is 0 Å². The van der Waals surface area contributed by atoms with Crippen molar-refractivity contribution in [3.63, 3.8) is 0 Å². The topological polar surface area (TPSA) is 59.3 Å². The normalized spacial score (nSPS) is 12.6. The van der Waals surface area contributed by atoms with Crippen molar-refractivity contribution in [2.45, 2.75) is 33.2 Å². The number of fused-ring (bicyclic) bond motifs is 1. The molecule has 1 atom stereocenters. The zero-order chi connectivity index (χ0) is 12.4. The van der Waals surface area contributed by atoms with Crippen molar-refractivity contribution >= 4 is 11.6 Å². The van der Waals surface area contributed by atoms with Crippen molar-refractivity contribution in [2.75, 3.05) is 0 Å². The van der Waals surface area contributed by atoms with Crippen molar-refractivity contribution < 1.29 is 4.79 Å². The van der Waals surface area contributed by atoms with E-state index in [1.54, 1.807) is 23.0 Å². The molecule has 0 bridgehead atoms. The fraction of sp³-hybridized carbons (Fsp3) is 0.417. The number of nitrogens with zero attached hydrogens (tertiary/aromatic N) is 3. The number of carbonyl (C=O) groups excluding carboxylic acids is 1. The molecule has 0 aromatic carbocycles. The largest absolute Gasteiger partial charge is 0.349 e. The minimum absolute atomic E-state index is 0.106. The van der Waals surface area contributed by atoms with E-state index in [-0.39, 0.29) is 11.9 Å². The number of rotatable bonds is 3. The summed E-state index contributed by atoms with van der Waals surface area (Å²) in [5, 5.41) is 7.19. The molecule has 1 unspecified atom stereocenters. The van der Waals surface area contributed by atoms with Gasteiger partial charge in [0.1, 0.15) is 5.56 Å². The van der Waals surface area contributed by atoms with Crippen LogP contribution in [0.2, 0.25) is 0 Å². The monoisotopic (exact) mass is 232 g/mol. The maximum Gasteiger partial charge on any atom is 0.257 e. The van der Waals surface area contributed by atoms with Gasteiger partial charge in [-0.3, -0.25) is 4.79 Å². The summed E-state index contributed by atoms with van der Waals surface area (Å²) in [6.07, 6.45) is 4.35. The van der Waals surface area contributed by atoms with Crippen molar-refractivity contribution in [3.8, 4) is 0 Å². The van der Waals surface area contributed by atoms with Gasteiger partial charge in [0.25, 0.3) is 5.91 Å². The van der Waals surface area contributed by atoms with E-state index in [0.717, 1.165) is 6.42 Å². The summed E-state index contributed by atoms with van der Waals surface area (Å²) < 4.78 is 1.63. The van der Waals surface area contributed by atoms with E-state index in [2.05, 4.69) is 15.4 Å². The summed E-state index contributed by atoms with van der Waals surface area (Å²) in [6.45, 7) is 5.83.